The molecule has 9 nitrogen and oxygen atoms in total. The number of carbonyl (C=O) groups is 3. The number of amides is 2. The lowest BCUT2D eigenvalue weighted by Gasteiger charge is -2.37. The first-order valence-corrected chi connectivity index (χ1v) is 28.2. The monoisotopic (exact) mass is 904 g/mol. The summed E-state index contributed by atoms with van der Waals surface area (Å²) in [5.41, 5.74) is 0. The maximum absolute atomic E-state index is 14.0. The molecule has 1 aliphatic heterocycles. The number of hydrogen-bond donors (Lipinski definition) is 1. The Morgan fingerprint density at radius 1 is 0.359 bits per heavy atom. The Labute approximate surface area is 398 Å². The van der Waals surface area contributed by atoms with Crippen molar-refractivity contribution in [1.82, 2.24) is 24.5 Å². The van der Waals surface area contributed by atoms with E-state index >= 15 is 0 Å². The van der Waals surface area contributed by atoms with E-state index in [9.17, 15) is 19.5 Å². The Hall–Kier alpha value is -1.71. The number of piperazine rings is 1. The van der Waals surface area contributed by atoms with E-state index in [0.29, 0.717) is 58.7 Å². The van der Waals surface area contributed by atoms with Crippen LogP contribution in [-0.2, 0) is 14.4 Å². The molecule has 0 aromatic heterocycles. The van der Waals surface area contributed by atoms with Crippen LogP contribution in [0.1, 0.15) is 247 Å². The normalized spacial score (nSPS) is 13.8. The lowest BCUT2D eigenvalue weighted by Crippen LogP contribution is -2.54. The van der Waals surface area contributed by atoms with E-state index in [4.69, 9.17) is 0 Å². The highest BCUT2D eigenvalue weighted by Gasteiger charge is 2.27. The van der Waals surface area contributed by atoms with Crippen LogP contribution in [0.25, 0.3) is 0 Å². The second-order valence-corrected chi connectivity index (χ2v) is 20.0. The van der Waals surface area contributed by atoms with E-state index in [1.165, 1.54) is 174 Å². The van der Waals surface area contributed by atoms with E-state index in [1.807, 2.05) is 9.80 Å². The third-order valence-electron chi connectivity index (χ3n) is 14.0. The molecule has 64 heavy (non-hydrogen) atoms. The molecule has 0 spiro atoms. The molecular formula is C55H109N5O4. The van der Waals surface area contributed by atoms with Crippen molar-refractivity contribution in [2.45, 2.75) is 247 Å². The molecule has 1 fully saturated rings. The van der Waals surface area contributed by atoms with Crippen molar-refractivity contribution in [1.29, 1.82) is 0 Å². The predicted octanol–water partition coefficient (Wildman–Crippen LogP) is 13.2. The van der Waals surface area contributed by atoms with Gasteiger partial charge in [-0.2, -0.15) is 0 Å². The lowest BCUT2D eigenvalue weighted by molar-refractivity contribution is -0.142. The van der Waals surface area contributed by atoms with Gasteiger partial charge < -0.3 is 19.8 Å². The van der Waals surface area contributed by atoms with Gasteiger partial charge >= 0.3 is 5.97 Å². The number of carbonyl (C=O) groups excluding carboxylic acids is 2. The minimum atomic E-state index is -0.704. The highest BCUT2D eigenvalue weighted by molar-refractivity contribution is 5.80. The lowest BCUT2D eigenvalue weighted by atomic mass is 9.97. The summed E-state index contributed by atoms with van der Waals surface area (Å²) in [4.78, 5) is 51.3. The largest absolute Gasteiger partial charge is 0.481 e. The highest BCUT2D eigenvalue weighted by atomic mass is 16.4. The quantitative estimate of drug-likeness (QED) is 0.0609. The van der Waals surface area contributed by atoms with Crippen molar-refractivity contribution in [3.63, 3.8) is 0 Å². The van der Waals surface area contributed by atoms with Crippen LogP contribution in [0.5, 0.6) is 0 Å². The molecule has 0 aliphatic carbocycles. The number of aliphatic carboxylic acids is 1. The number of rotatable bonds is 47. The minimum absolute atomic E-state index is 0.121. The van der Waals surface area contributed by atoms with Crippen molar-refractivity contribution in [2.24, 2.45) is 5.92 Å². The third kappa shape index (κ3) is 33.7. The van der Waals surface area contributed by atoms with E-state index in [0.717, 1.165) is 64.7 Å². The van der Waals surface area contributed by atoms with Crippen molar-refractivity contribution in [3.8, 4) is 0 Å². The summed E-state index contributed by atoms with van der Waals surface area (Å²) >= 11 is 0. The molecule has 1 aliphatic rings. The molecule has 1 atom stereocenters. The standard InChI is InChI=1S/C55H109N5O4/c1-6-11-16-20-24-28-33-39-56(40-34-29-25-21-17-12-7-2)44-45-58(42-36-31-27-23-19-14-9-4)51-54(62)60-48-46-59(47-49-60)53(61)50-57(41-35-30-26-22-18-13-8-3)43-38-52(55(63)64)37-32-15-10-5/h52H,6-51H2,1-5H3,(H,63,64). The first-order chi connectivity index (χ1) is 31.3. The molecule has 2 amide bonds. The molecule has 0 saturated carbocycles. The fourth-order valence-electron chi connectivity index (χ4n) is 9.49. The van der Waals surface area contributed by atoms with Crippen molar-refractivity contribution in [3.05, 3.63) is 0 Å². The Balaban J connectivity index is 2.86. The molecule has 378 valence electrons. The summed E-state index contributed by atoms with van der Waals surface area (Å²) in [5, 5.41) is 9.96. The van der Waals surface area contributed by atoms with Gasteiger partial charge in [0.25, 0.3) is 0 Å². The molecule has 0 bridgehead atoms. The van der Waals surface area contributed by atoms with Crippen LogP contribution in [0.15, 0.2) is 0 Å². The average Bonchev–Trinajstić information content (AvgIpc) is 3.29. The zero-order valence-corrected chi connectivity index (χ0v) is 43.5. The van der Waals surface area contributed by atoms with Crippen LogP contribution in [0.2, 0.25) is 0 Å². The Morgan fingerprint density at radius 2 is 0.641 bits per heavy atom. The molecule has 1 rings (SSSR count). The number of hydrogen-bond acceptors (Lipinski definition) is 6. The maximum atomic E-state index is 14.0. The number of carboxylic acids is 1. The third-order valence-corrected chi connectivity index (χ3v) is 14.0. The maximum Gasteiger partial charge on any atom is 0.306 e. The zero-order valence-electron chi connectivity index (χ0n) is 43.5. The van der Waals surface area contributed by atoms with Gasteiger partial charge in [-0.3, -0.25) is 24.2 Å². The fourth-order valence-corrected chi connectivity index (χ4v) is 9.49. The molecule has 1 unspecified atom stereocenters. The predicted molar refractivity (Wildman–Crippen MR) is 274 cm³/mol. The average molecular weight is 905 g/mol. The highest BCUT2D eigenvalue weighted by Crippen LogP contribution is 2.17. The molecule has 0 radical (unpaired) electrons. The summed E-state index contributed by atoms with van der Waals surface area (Å²) in [6, 6.07) is 0. The molecular weight excluding hydrogens is 795 g/mol. The summed E-state index contributed by atoms with van der Waals surface area (Å²) in [5.74, 6) is -0.722. The van der Waals surface area contributed by atoms with Gasteiger partial charge in [-0.25, -0.2) is 0 Å². The second-order valence-electron chi connectivity index (χ2n) is 20.0. The van der Waals surface area contributed by atoms with Crippen molar-refractivity contribution >= 4 is 17.8 Å². The van der Waals surface area contributed by atoms with Gasteiger partial charge in [0.2, 0.25) is 11.8 Å². The van der Waals surface area contributed by atoms with Gasteiger partial charge in [-0.1, -0.05) is 208 Å². The van der Waals surface area contributed by atoms with Gasteiger partial charge in [0.15, 0.2) is 0 Å². The Morgan fingerprint density at radius 3 is 0.984 bits per heavy atom. The van der Waals surface area contributed by atoms with Gasteiger partial charge in [0, 0.05) is 39.3 Å². The van der Waals surface area contributed by atoms with Crippen LogP contribution >= 0.6 is 0 Å². The van der Waals surface area contributed by atoms with Crippen LogP contribution < -0.4 is 0 Å². The van der Waals surface area contributed by atoms with E-state index in [2.05, 4.69) is 49.3 Å². The topological polar surface area (TPSA) is 87.6 Å². The second kappa shape index (κ2) is 43.8. The molecule has 0 aromatic rings. The van der Waals surface area contributed by atoms with Gasteiger partial charge in [0.1, 0.15) is 0 Å². The van der Waals surface area contributed by atoms with Crippen LogP contribution in [0, 0.1) is 5.92 Å². The summed E-state index contributed by atoms with van der Waals surface area (Å²) in [7, 11) is 0. The van der Waals surface area contributed by atoms with E-state index < -0.39 is 5.97 Å². The SMILES string of the molecule is CCCCCCCCCN(CCCCCCCCC)CCN(CCCCCCCCC)CC(=O)N1CCN(C(=O)CN(CCCCCCCCC)CCC(CCCCC)C(=O)O)CC1. The number of nitrogens with zero attached hydrogens (tertiary/aromatic N) is 5. The molecule has 0 aromatic carbocycles. The smallest absolute Gasteiger partial charge is 0.306 e. The zero-order chi connectivity index (χ0) is 46.7. The summed E-state index contributed by atoms with van der Waals surface area (Å²) in [6.07, 6.45) is 40.6. The number of unbranched alkanes of at least 4 members (excludes halogenated alkanes) is 26. The first kappa shape index (κ1) is 60.3. The van der Waals surface area contributed by atoms with Gasteiger partial charge in [0.05, 0.1) is 19.0 Å². The Kier molecular flexibility index (Phi) is 41.3. The van der Waals surface area contributed by atoms with Crippen LogP contribution in [0.4, 0.5) is 0 Å². The molecule has 9 heteroatoms. The summed E-state index contributed by atoms with van der Waals surface area (Å²) in [6.45, 7) is 21.2. The van der Waals surface area contributed by atoms with Gasteiger partial charge in [-0.05, 0) is 71.2 Å². The van der Waals surface area contributed by atoms with Crippen LogP contribution in [0.3, 0.4) is 0 Å². The fraction of sp³-hybridized carbons (Fsp3) is 0.945. The van der Waals surface area contributed by atoms with Gasteiger partial charge in [-0.15, -0.1) is 0 Å². The first-order valence-electron chi connectivity index (χ1n) is 28.2. The number of carboxylic acid groups (broad SMARTS) is 1. The molecule has 1 heterocycles. The van der Waals surface area contributed by atoms with Crippen molar-refractivity contribution in [2.75, 3.05) is 85.1 Å². The van der Waals surface area contributed by atoms with E-state index in [-0.39, 0.29) is 17.7 Å². The summed E-state index contributed by atoms with van der Waals surface area (Å²) < 4.78 is 0. The molecule has 1 saturated heterocycles. The van der Waals surface area contributed by atoms with Crippen LogP contribution in [-0.4, -0.2) is 132 Å². The van der Waals surface area contributed by atoms with E-state index in [1.54, 1.807) is 0 Å². The minimum Gasteiger partial charge on any atom is -0.481 e. The Bertz CT molecular complexity index is 1050. The molecule has 1 N–H and O–H groups in total. The van der Waals surface area contributed by atoms with Crippen molar-refractivity contribution < 1.29 is 19.5 Å².